The fourth-order valence-electron chi connectivity index (χ4n) is 4.67. The van der Waals surface area contributed by atoms with Gasteiger partial charge in [-0.05, 0) is 78.4 Å². The van der Waals surface area contributed by atoms with Crippen LogP contribution in [-0.2, 0) is 11.4 Å². The van der Waals surface area contributed by atoms with E-state index in [2.05, 4.69) is 15.8 Å². The van der Waals surface area contributed by atoms with Crippen LogP contribution in [0.2, 0.25) is 0 Å². The van der Waals surface area contributed by atoms with Crippen molar-refractivity contribution in [2.45, 2.75) is 6.61 Å². The molecule has 0 heterocycles. The molecule has 0 radical (unpaired) electrons. The summed E-state index contributed by atoms with van der Waals surface area (Å²) in [4.78, 5) is 35.5. The number of carbonyl (C=O) groups excluding carboxylic acids is 2. The van der Waals surface area contributed by atoms with Crippen molar-refractivity contribution in [1.82, 2.24) is 0 Å². The molecule has 0 aromatic heterocycles. The molecule has 2 N–H and O–H groups in total. The van der Waals surface area contributed by atoms with Crippen LogP contribution in [0.1, 0.15) is 37.4 Å². The normalized spacial score (nSPS) is 10.4. The lowest BCUT2D eigenvalue weighted by atomic mass is 10.0. The Labute approximate surface area is 269 Å². The van der Waals surface area contributed by atoms with Crippen molar-refractivity contribution in [3.05, 3.63) is 155 Å². The predicted octanol–water partition coefficient (Wildman–Crippen LogP) is 7.29. The van der Waals surface area contributed by atoms with Crippen LogP contribution < -0.4 is 20.4 Å². The zero-order valence-corrected chi connectivity index (χ0v) is 26.4. The fourth-order valence-corrected chi connectivity index (χ4v) is 4.67. The summed E-state index contributed by atoms with van der Waals surface area (Å²) in [6, 6.07) is 39.6. The number of nitrogens with one attached hydrogen (secondary N) is 2. The Bertz CT molecular complexity index is 1670. The third-order valence-corrected chi connectivity index (χ3v) is 7.35. The van der Waals surface area contributed by atoms with Gasteiger partial charge in [-0.15, -0.1) is 0 Å². The van der Waals surface area contributed by atoms with Crippen molar-refractivity contribution in [2.24, 2.45) is 5.16 Å². The van der Waals surface area contributed by atoms with Gasteiger partial charge >= 0.3 is 0 Å². The van der Waals surface area contributed by atoms with Crippen LogP contribution in [0, 0.1) is 0 Å². The molecule has 5 rings (SSSR count). The van der Waals surface area contributed by atoms with Crippen LogP contribution in [0.4, 0.5) is 22.7 Å². The molecule has 0 fully saturated rings. The molecule has 5 aromatic rings. The highest BCUT2D eigenvalue weighted by Gasteiger charge is 2.12. The maximum Gasteiger partial charge on any atom is 0.255 e. The van der Waals surface area contributed by atoms with E-state index in [1.807, 2.05) is 141 Å². The van der Waals surface area contributed by atoms with Crippen molar-refractivity contribution >= 4 is 40.3 Å². The minimum atomic E-state index is -0.190. The summed E-state index contributed by atoms with van der Waals surface area (Å²) in [6.45, 7) is 0.311. The Balaban J connectivity index is 1.32. The molecule has 5 aromatic carbocycles. The summed E-state index contributed by atoms with van der Waals surface area (Å²) >= 11 is 0. The summed E-state index contributed by atoms with van der Waals surface area (Å²) < 4.78 is 0. The van der Waals surface area contributed by atoms with Crippen LogP contribution in [0.3, 0.4) is 0 Å². The first-order valence-corrected chi connectivity index (χ1v) is 14.9. The first kappa shape index (κ1) is 31.5. The number of hydrogen-bond acceptors (Lipinski definition) is 6. The molecule has 0 aliphatic rings. The lowest BCUT2D eigenvalue weighted by Crippen LogP contribution is -2.14. The Kier molecular flexibility index (Phi) is 10.1. The highest BCUT2D eigenvalue weighted by atomic mass is 16.6. The van der Waals surface area contributed by atoms with Crippen LogP contribution in [0.15, 0.2) is 133 Å². The monoisotopic (exact) mass is 611 g/mol. The SMILES string of the molecule is CN(C)c1ccc(C(=O)Nc2ccc(C(=NOCc3ccccc3)c3ccc(NC(=O)c4ccc(N(C)C)cc4)cc3)cc2)cc1. The topological polar surface area (TPSA) is 86.3 Å². The molecule has 8 heteroatoms. The second-order valence-corrected chi connectivity index (χ2v) is 11.1. The molecule has 0 atom stereocenters. The van der Waals surface area contributed by atoms with E-state index in [9.17, 15) is 9.59 Å². The second kappa shape index (κ2) is 14.7. The van der Waals surface area contributed by atoms with Crippen molar-refractivity contribution in [2.75, 3.05) is 48.6 Å². The predicted molar refractivity (Wildman–Crippen MR) is 187 cm³/mol. The molecule has 232 valence electrons. The van der Waals surface area contributed by atoms with Gasteiger partial charge in [0.05, 0.1) is 0 Å². The molecular formula is C38H37N5O3. The number of anilines is 4. The zero-order valence-electron chi connectivity index (χ0n) is 26.4. The van der Waals surface area contributed by atoms with Gasteiger partial charge in [0.25, 0.3) is 11.8 Å². The van der Waals surface area contributed by atoms with Gasteiger partial charge in [0.15, 0.2) is 0 Å². The van der Waals surface area contributed by atoms with E-state index in [0.29, 0.717) is 34.8 Å². The van der Waals surface area contributed by atoms with E-state index in [0.717, 1.165) is 28.1 Å². The van der Waals surface area contributed by atoms with E-state index in [1.54, 1.807) is 24.3 Å². The lowest BCUT2D eigenvalue weighted by molar-refractivity contribution is 0.101. The molecule has 0 aliphatic carbocycles. The molecule has 2 amide bonds. The molecule has 0 spiro atoms. The molecular weight excluding hydrogens is 574 g/mol. The second-order valence-electron chi connectivity index (χ2n) is 11.1. The number of nitrogens with zero attached hydrogens (tertiary/aromatic N) is 3. The maximum atomic E-state index is 12.9. The molecule has 0 saturated carbocycles. The van der Waals surface area contributed by atoms with Crippen LogP contribution in [0.5, 0.6) is 0 Å². The van der Waals surface area contributed by atoms with Crippen LogP contribution in [-0.4, -0.2) is 45.7 Å². The standard InChI is InChI=1S/C38H37N5O3/c1-42(2)34-22-14-30(15-23-34)37(44)39-32-18-10-28(11-19-32)36(41-46-26-27-8-6-5-7-9-27)29-12-20-33(21-13-29)40-38(45)31-16-24-35(25-17-31)43(3)4/h5-25H,26H2,1-4H3,(H,39,44)(H,40,45). The highest BCUT2D eigenvalue weighted by Crippen LogP contribution is 2.20. The zero-order chi connectivity index (χ0) is 32.5. The molecule has 0 unspecified atom stereocenters. The van der Waals surface area contributed by atoms with Gasteiger partial charge in [0.2, 0.25) is 0 Å². The molecule has 8 nitrogen and oxygen atoms in total. The van der Waals surface area contributed by atoms with E-state index in [4.69, 9.17) is 4.84 Å². The van der Waals surface area contributed by atoms with Gasteiger partial charge in [-0.25, -0.2) is 0 Å². The van der Waals surface area contributed by atoms with Gasteiger partial charge in [0, 0.05) is 73.2 Å². The van der Waals surface area contributed by atoms with Crippen molar-refractivity contribution < 1.29 is 14.4 Å². The molecule has 0 aliphatic heterocycles. The van der Waals surface area contributed by atoms with Crippen molar-refractivity contribution in [3.8, 4) is 0 Å². The van der Waals surface area contributed by atoms with E-state index < -0.39 is 0 Å². The third-order valence-electron chi connectivity index (χ3n) is 7.35. The average molecular weight is 612 g/mol. The molecule has 46 heavy (non-hydrogen) atoms. The smallest absolute Gasteiger partial charge is 0.255 e. The van der Waals surface area contributed by atoms with Crippen LogP contribution >= 0.6 is 0 Å². The minimum Gasteiger partial charge on any atom is -0.390 e. The largest absolute Gasteiger partial charge is 0.390 e. The van der Waals surface area contributed by atoms with Gasteiger partial charge in [-0.2, -0.15) is 0 Å². The Morgan fingerprint density at radius 2 is 0.935 bits per heavy atom. The van der Waals surface area contributed by atoms with Gasteiger partial charge in [-0.3, -0.25) is 9.59 Å². The molecule has 0 bridgehead atoms. The summed E-state index contributed by atoms with van der Waals surface area (Å²) in [5.41, 5.74) is 7.73. The number of rotatable bonds is 11. The van der Waals surface area contributed by atoms with E-state index in [-0.39, 0.29) is 11.8 Å². The Morgan fingerprint density at radius 3 is 1.33 bits per heavy atom. The lowest BCUT2D eigenvalue weighted by Gasteiger charge is -2.13. The third kappa shape index (κ3) is 8.18. The minimum absolute atomic E-state index is 0.190. The summed E-state index contributed by atoms with van der Waals surface area (Å²) in [7, 11) is 7.83. The number of benzene rings is 5. The van der Waals surface area contributed by atoms with Gasteiger partial charge in [-0.1, -0.05) is 59.8 Å². The molecule has 0 saturated heterocycles. The van der Waals surface area contributed by atoms with E-state index >= 15 is 0 Å². The van der Waals surface area contributed by atoms with E-state index in [1.165, 1.54) is 0 Å². The summed E-state index contributed by atoms with van der Waals surface area (Å²) in [5.74, 6) is -0.381. The number of hydrogen-bond donors (Lipinski definition) is 2. The number of oxime groups is 1. The van der Waals surface area contributed by atoms with Crippen molar-refractivity contribution in [3.63, 3.8) is 0 Å². The number of amides is 2. The Morgan fingerprint density at radius 1 is 0.543 bits per heavy atom. The highest BCUT2D eigenvalue weighted by molar-refractivity contribution is 6.13. The van der Waals surface area contributed by atoms with Crippen molar-refractivity contribution in [1.29, 1.82) is 0 Å². The Hall–Kier alpha value is -5.89. The first-order valence-electron chi connectivity index (χ1n) is 14.9. The summed E-state index contributed by atoms with van der Waals surface area (Å²) in [5, 5.41) is 10.4. The first-order chi connectivity index (χ1) is 22.3. The maximum absolute atomic E-state index is 12.9. The van der Waals surface area contributed by atoms with Gasteiger partial charge in [0.1, 0.15) is 12.3 Å². The summed E-state index contributed by atoms with van der Waals surface area (Å²) in [6.07, 6.45) is 0. The number of carbonyl (C=O) groups is 2. The fraction of sp³-hybridized carbons (Fsp3) is 0.132. The average Bonchev–Trinajstić information content (AvgIpc) is 3.08. The van der Waals surface area contributed by atoms with Crippen LogP contribution in [0.25, 0.3) is 0 Å². The van der Waals surface area contributed by atoms with Gasteiger partial charge < -0.3 is 25.3 Å². The quantitative estimate of drug-likeness (QED) is 0.121.